The molecular formula is C33H32N4O4. The van der Waals surface area contributed by atoms with Crippen LogP contribution in [-0.2, 0) is 26.1 Å². The average molecular weight is 549 g/mol. The molecule has 2 amide bonds. The van der Waals surface area contributed by atoms with Crippen LogP contribution in [0.4, 0.5) is 11.5 Å². The molecule has 0 aliphatic carbocycles. The molecule has 1 aromatic heterocycles. The summed E-state index contributed by atoms with van der Waals surface area (Å²) < 4.78 is 11.9. The summed E-state index contributed by atoms with van der Waals surface area (Å²) in [5.41, 5.74) is 11.7. The number of nitrogens with zero attached hydrogens (tertiary/aromatic N) is 3. The van der Waals surface area contributed by atoms with Gasteiger partial charge in [0, 0.05) is 47.7 Å². The van der Waals surface area contributed by atoms with Crippen LogP contribution >= 0.6 is 0 Å². The summed E-state index contributed by atoms with van der Waals surface area (Å²) in [5.74, 6) is 1.41. The van der Waals surface area contributed by atoms with Crippen LogP contribution in [0.15, 0.2) is 79.0 Å². The largest absolute Gasteiger partial charge is 0.493 e. The van der Waals surface area contributed by atoms with E-state index in [1.165, 1.54) is 5.56 Å². The van der Waals surface area contributed by atoms with Gasteiger partial charge in [-0.05, 0) is 60.7 Å². The summed E-state index contributed by atoms with van der Waals surface area (Å²) in [5, 5.41) is 0. The highest BCUT2D eigenvalue weighted by Gasteiger charge is 2.31. The number of aromatic nitrogens is 1. The molecule has 208 valence electrons. The number of nitrogens with two attached hydrogens (primary N) is 1. The Labute approximate surface area is 239 Å². The summed E-state index contributed by atoms with van der Waals surface area (Å²) in [7, 11) is 1.62. The molecular weight excluding hydrogens is 516 g/mol. The van der Waals surface area contributed by atoms with E-state index in [0.29, 0.717) is 48.1 Å². The third-order valence-electron chi connectivity index (χ3n) is 7.71. The van der Waals surface area contributed by atoms with Crippen molar-refractivity contribution in [2.45, 2.75) is 45.5 Å². The predicted molar refractivity (Wildman–Crippen MR) is 157 cm³/mol. The zero-order valence-corrected chi connectivity index (χ0v) is 23.2. The zero-order chi connectivity index (χ0) is 28.5. The van der Waals surface area contributed by atoms with E-state index in [0.717, 1.165) is 35.2 Å². The lowest BCUT2D eigenvalue weighted by Gasteiger charge is -2.21. The van der Waals surface area contributed by atoms with E-state index in [9.17, 15) is 9.59 Å². The van der Waals surface area contributed by atoms with Gasteiger partial charge in [-0.3, -0.25) is 9.59 Å². The molecule has 8 nitrogen and oxygen atoms in total. The Hall–Kier alpha value is -4.85. The van der Waals surface area contributed by atoms with Gasteiger partial charge in [-0.15, -0.1) is 0 Å². The number of methoxy groups -OCH3 is 1. The van der Waals surface area contributed by atoms with E-state index in [4.69, 9.17) is 15.2 Å². The molecule has 2 aliphatic rings. The van der Waals surface area contributed by atoms with E-state index < -0.39 is 0 Å². The first-order chi connectivity index (χ1) is 19.9. The van der Waals surface area contributed by atoms with E-state index in [2.05, 4.69) is 17.1 Å². The first-order valence-corrected chi connectivity index (χ1v) is 13.8. The second-order valence-electron chi connectivity index (χ2n) is 10.6. The zero-order valence-electron chi connectivity index (χ0n) is 23.2. The lowest BCUT2D eigenvalue weighted by Crippen LogP contribution is -2.24. The highest BCUT2D eigenvalue weighted by Crippen LogP contribution is 2.37. The molecule has 0 bridgehead atoms. The number of rotatable bonds is 9. The number of hydrogen-bond acceptors (Lipinski definition) is 6. The molecule has 41 heavy (non-hydrogen) atoms. The van der Waals surface area contributed by atoms with Crippen molar-refractivity contribution in [3.05, 3.63) is 112 Å². The lowest BCUT2D eigenvalue weighted by molar-refractivity contribution is 0.0766. The second-order valence-corrected chi connectivity index (χ2v) is 10.6. The summed E-state index contributed by atoms with van der Waals surface area (Å²) >= 11 is 0. The maximum Gasteiger partial charge on any atom is 0.258 e. The fourth-order valence-corrected chi connectivity index (χ4v) is 5.49. The minimum Gasteiger partial charge on any atom is -0.493 e. The quantitative estimate of drug-likeness (QED) is 0.301. The Balaban J connectivity index is 1.15. The highest BCUT2D eigenvalue weighted by atomic mass is 16.5. The number of carbonyl (C=O) groups excluding carboxylic acids is 2. The van der Waals surface area contributed by atoms with Gasteiger partial charge in [-0.25, -0.2) is 4.98 Å². The number of aryl methyl sites for hydroxylation is 1. The fraction of sp³-hybridized carbons (Fsp3) is 0.242. The molecule has 2 N–H and O–H groups in total. The van der Waals surface area contributed by atoms with E-state index >= 15 is 0 Å². The van der Waals surface area contributed by atoms with Crippen molar-refractivity contribution in [2.24, 2.45) is 0 Å². The van der Waals surface area contributed by atoms with Crippen LogP contribution in [0.2, 0.25) is 0 Å². The molecule has 0 radical (unpaired) electrons. The van der Waals surface area contributed by atoms with Crippen LogP contribution < -0.4 is 20.1 Å². The molecule has 0 fully saturated rings. The number of amides is 2. The standard InChI is InChI=1S/C33H32N4O4/c1-21(8-9-22-6-4-3-5-7-22)41-30-15-26(12-13-29(30)40-2)37-20-24-11-10-23(14-27(24)33(37)39)18-36-19-25-17-35-31(34)16-28(25)32(36)38/h3-7,10-17,21H,8-9,18-20H2,1-2H3,(H2,34,35). The van der Waals surface area contributed by atoms with Crippen LogP contribution in [0.3, 0.4) is 0 Å². The third-order valence-corrected chi connectivity index (χ3v) is 7.71. The Morgan fingerprint density at radius 2 is 1.68 bits per heavy atom. The molecule has 1 unspecified atom stereocenters. The minimum atomic E-state index is -0.0805. The SMILES string of the molecule is COc1ccc(N2Cc3ccc(CN4Cc5cnc(N)cc5C4=O)cc3C2=O)cc1OC(C)CCc1ccccc1. The predicted octanol–water partition coefficient (Wildman–Crippen LogP) is 5.39. The number of carbonyl (C=O) groups is 2. The first-order valence-electron chi connectivity index (χ1n) is 13.8. The Kier molecular flexibility index (Phi) is 7.05. The van der Waals surface area contributed by atoms with Gasteiger partial charge in [0.15, 0.2) is 11.5 Å². The van der Waals surface area contributed by atoms with Crippen molar-refractivity contribution in [3.63, 3.8) is 0 Å². The smallest absolute Gasteiger partial charge is 0.258 e. The Bertz CT molecular complexity index is 1620. The van der Waals surface area contributed by atoms with Crippen molar-refractivity contribution < 1.29 is 19.1 Å². The maximum atomic E-state index is 13.6. The molecule has 8 heteroatoms. The van der Waals surface area contributed by atoms with Crippen molar-refractivity contribution in [3.8, 4) is 11.5 Å². The van der Waals surface area contributed by atoms with Crippen molar-refractivity contribution in [2.75, 3.05) is 17.7 Å². The van der Waals surface area contributed by atoms with Crippen molar-refractivity contribution in [1.29, 1.82) is 0 Å². The minimum absolute atomic E-state index is 0.0416. The fourth-order valence-electron chi connectivity index (χ4n) is 5.49. The summed E-state index contributed by atoms with van der Waals surface area (Å²) in [6.07, 6.45) is 3.37. The number of hydrogen-bond donors (Lipinski definition) is 1. The van der Waals surface area contributed by atoms with Crippen LogP contribution in [0.5, 0.6) is 11.5 Å². The lowest BCUT2D eigenvalue weighted by atomic mass is 10.1. The van der Waals surface area contributed by atoms with E-state index in [-0.39, 0.29) is 17.9 Å². The number of anilines is 2. The van der Waals surface area contributed by atoms with Crippen LogP contribution in [0, 0.1) is 0 Å². The average Bonchev–Trinajstić information content (AvgIpc) is 3.48. The second kappa shape index (κ2) is 11.0. The molecule has 0 saturated carbocycles. The molecule has 6 rings (SSSR count). The highest BCUT2D eigenvalue weighted by molar-refractivity contribution is 6.10. The summed E-state index contributed by atoms with van der Waals surface area (Å²) in [6.45, 7) is 3.37. The van der Waals surface area contributed by atoms with Gasteiger partial charge in [0.1, 0.15) is 5.82 Å². The van der Waals surface area contributed by atoms with Gasteiger partial charge in [0.05, 0.1) is 19.8 Å². The number of nitrogen functional groups attached to an aromatic ring is 1. The van der Waals surface area contributed by atoms with Gasteiger partial charge in [0.2, 0.25) is 0 Å². The molecule has 4 aromatic rings. The monoisotopic (exact) mass is 548 g/mol. The van der Waals surface area contributed by atoms with Gasteiger partial charge in [0.25, 0.3) is 11.8 Å². The van der Waals surface area contributed by atoms with Crippen molar-refractivity contribution >= 4 is 23.3 Å². The maximum absolute atomic E-state index is 13.6. The number of fused-ring (bicyclic) bond motifs is 2. The van der Waals surface area contributed by atoms with Crippen LogP contribution in [-0.4, -0.2) is 34.9 Å². The topological polar surface area (TPSA) is 98.0 Å². The van der Waals surface area contributed by atoms with Crippen molar-refractivity contribution in [1.82, 2.24) is 9.88 Å². The van der Waals surface area contributed by atoms with Crippen LogP contribution in [0.1, 0.15) is 56.3 Å². The van der Waals surface area contributed by atoms with Gasteiger partial charge in [-0.2, -0.15) is 0 Å². The molecule has 3 heterocycles. The summed E-state index contributed by atoms with van der Waals surface area (Å²) in [4.78, 5) is 34.1. The number of ether oxygens (including phenoxy) is 2. The van der Waals surface area contributed by atoms with Gasteiger partial charge in [-0.1, -0.05) is 42.5 Å². The molecule has 0 saturated heterocycles. The van der Waals surface area contributed by atoms with Gasteiger partial charge >= 0.3 is 0 Å². The molecule has 1 atom stereocenters. The third kappa shape index (κ3) is 5.33. The Morgan fingerprint density at radius 1 is 0.878 bits per heavy atom. The molecule has 0 spiro atoms. The van der Waals surface area contributed by atoms with E-state index in [1.807, 2.05) is 61.5 Å². The van der Waals surface area contributed by atoms with Gasteiger partial charge < -0.3 is 25.0 Å². The van der Waals surface area contributed by atoms with Crippen LogP contribution in [0.25, 0.3) is 0 Å². The Morgan fingerprint density at radius 3 is 2.49 bits per heavy atom. The number of pyridine rings is 1. The molecule has 3 aromatic carbocycles. The number of benzene rings is 3. The molecule has 2 aliphatic heterocycles. The summed E-state index contributed by atoms with van der Waals surface area (Å²) in [6, 6.07) is 23.4. The first kappa shape index (κ1) is 26.4. The normalized spacial score (nSPS) is 14.7. The van der Waals surface area contributed by atoms with E-state index in [1.54, 1.807) is 29.2 Å².